The average molecular weight is 836 g/mol. The van der Waals surface area contributed by atoms with Gasteiger partial charge in [0, 0.05) is 29.6 Å². The number of methoxy groups -OCH3 is 2. The van der Waals surface area contributed by atoms with E-state index in [2.05, 4.69) is 30.6 Å². The lowest BCUT2D eigenvalue weighted by molar-refractivity contribution is 0.0989. The summed E-state index contributed by atoms with van der Waals surface area (Å²) < 4.78 is 65.6. The average Bonchev–Trinajstić information content (AvgIpc) is 3.20. The Morgan fingerprint density at radius 3 is 1.62 bits per heavy atom. The molecule has 4 aromatic carbocycles. The van der Waals surface area contributed by atoms with Crippen LogP contribution in [0.1, 0.15) is 48.0 Å². The van der Waals surface area contributed by atoms with Crippen LogP contribution in [0, 0.1) is 23.3 Å². The van der Waals surface area contributed by atoms with Crippen LogP contribution in [0.25, 0.3) is 11.8 Å². The molecule has 0 aliphatic rings. The SMILES string of the molecule is COc1ccc(/C(O)=C\c2ccnc(Cl)n2)cc1C(=O)Nc1c(F)cccc1F.COc1ccc(C(=O)Cc2ccnc(Cl)n2)cc1C(=O)Nc1c(F)cccc1F. The van der Waals surface area contributed by atoms with Crippen molar-refractivity contribution >= 4 is 64.0 Å². The molecule has 0 aliphatic carbocycles. The Hall–Kier alpha value is -6.91. The number of rotatable bonds is 11. The van der Waals surface area contributed by atoms with E-state index in [-0.39, 0.29) is 62.3 Å². The summed E-state index contributed by atoms with van der Waals surface area (Å²) in [5.41, 5.74) is -0.0651. The first-order valence-electron chi connectivity index (χ1n) is 16.5. The lowest BCUT2D eigenvalue weighted by Gasteiger charge is -2.12. The van der Waals surface area contributed by atoms with Crippen molar-refractivity contribution in [2.24, 2.45) is 0 Å². The molecule has 0 spiro atoms. The molecule has 0 aliphatic heterocycles. The van der Waals surface area contributed by atoms with Crippen LogP contribution >= 0.6 is 23.2 Å². The number of amides is 2. The second kappa shape index (κ2) is 19.3. The molecule has 0 saturated carbocycles. The van der Waals surface area contributed by atoms with E-state index < -0.39 is 46.5 Å². The highest BCUT2D eigenvalue weighted by atomic mass is 35.5. The monoisotopic (exact) mass is 834 g/mol. The number of Topliss-reactive ketones (excluding diaryl/α,β-unsaturated/α-hetero) is 1. The third-order valence-electron chi connectivity index (χ3n) is 7.87. The summed E-state index contributed by atoms with van der Waals surface area (Å²) >= 11 is 11.4. The standard InChI is InChI=1S/2C20H14ClF2N3O3/c2*1-29-17-6-5-11(16(27)10-12-7-8-24-20(21)25-12)9-13(17)19(28)26-18-14(22)3-2-4-15(18)23/h2-9H,10H2,1H3,(H,26,28);2-10,27H,1H3,(H,26,28)/b;16-10+. The number of nitrogens with one attached hydrogen (secondary N) is 2. The number of hydrogen-bond acceptors (Lipinski definition) is 10. The fourth-order valence-electron chi connectivity index (χ4n) is 5.09. The van der Waals surface area contributed by atoms with Gasteiger partial charge in [-0.3, -0.25) is 14.4 Å². The number of carbonyl (C=O) groups excluding carboxylic acids is 3. The summed E-state index contributed by atoms with van der Waals surface area (Å²) in [6.07, 6.45) is 4.10. The number of ketones is 1. The van der Waals surface area contributed by atoms with Gasteiger partial charge in [-0.15, -0.1) is 0 Å². The summed E-state index contributed by atoms with van der Waals surface area (Å²) in [6, 6.07) is 18.0. The number of aliphatic hydroxyl groups excluding tert-OH is 1. The zero-order valence-corrected chi connectivity index (χ0v) is 31.6. The minimum Gasteiger partial charge on any atom is -0.507 e. The van der Waals surface area contributed by atoms with Crippen molar-refractivity contribution in [3.8, 4) is 11.5 Å². The van der Waals surface area contributed by atoms with Crippen molar-refractivity contribution < 1.29 is 46.5 Å². The number of anilines is 2. The number of aliphatic hydroxyl groups is 1. The highest BCUT2D eigenvalue weighted by molar-refractivity contribution is 6.28. The number of aromatic nitrogens is 4. The smallest absolute Gasteiger partial charge is 0.259 e. The van der Waals surface area contributed by atoms with Gasteiger partial charge in [0.1, 0.15) is 51.9 Å². The van der Waals surface area contributed by atoms with Gasteiger partial charge in [-0.1, -0.05) is 12.1 Å². The highest BCUT2D eigenvalue weighted by Gasteiger charge is 2.21. The van der Waals surface area contributed by atoms with E-state index in [1.165, 1.54) is 87.3 Å². The number of halogens is 6. The molecule has 0 saturated heterocycles. The Morgan fingerprint density at radius 1 is 0.672 bits per heavy atom. The van der Waals surface area contributed by atoms with Gasteiger partial charge in [0.25, 0.3) is 11.8 Å². The van der Waals surface area contributed by atoms with E-state index in [1.807, 2.05) is 0 Å². The first kappa shape index (κ1) is 42.2. The summed E-state index contributed by atoms with van der Waals surface area (Å²) in [5, 5.41) is 14.8. The third kappa shape index (κ3) is 10.7. The summed E-state index contributed by atoms with van der Waals surface area (Å²) in [5.74, 6) is -5.59. The van der Waals surface area contributed by atoms with Crippen molar-refractivity contribution in [2.75, 3.05) is 24.9 Å². The first-order chi connectivity index (χ1) is 27.8. The fraction of sp³-hybridized carbons (Fsp3) is 0.0750. The summed E-state index contributed by atoms with van der Waals surface area (Å²) in [4.78, 5) is 53.2. The van der Waals surface area contributed by atoms with Crippen LogP contribution in [0.3, 0.4) is 0 Å². The largest absolute Gasteiger partial charge is 0.507 e. The van der Waals surface area contributed by atoms with E-state index in [0.29, 0.717) is 11.4 Å². The summed E-state index contributed by atoms with van der Waals surface area (Å²) in [6.45, 7) is 0. The van der Waals surface area contributed by atoms with E-state index in [4.69, 9.17) is 32.7 Å². The zero-order chi connectivity index (χ0) is 41.9. The van der Waals surface area contributed by atoms with E-state index >= 15 is 0 Å². The van der Waals surface area contributed by atoms with Crippen LogP contribution in [0.5, 0.6) is 11.5 Å². The Labute approximate surface area is 337 Å². The predicted molar refractivity (Wildman–Crippen MR) is 207 cm³/mol. The number of benzene rings is 4. The van der Waals surface area contributed by atoms with E-state index in [0.717, 1.165) is 24.3 Å². The second-order valence-corrected chi connectivity index (χ2v) is 12.3. The minimum absolute atomic E-state index is 0.00765. The van der Waals surface area contributed by atoms with Gasteiger partial charge in [0.05, 0.1) is 43.2 Å². The maximum atomic E-state index is 13.8. The third-order valence-corrected chi connectivity index (χ3v) is 8.23. The zero-order valence-electron chi connectivity index (χ0n) is 30.1. The lowest BCUT2D eigenvalue weighted by atomic mass is 10.0. The number of para-hydroxylation sites is 2. The molecule has 2 aromatic heterocycles. The molecule has 0 unspecified atom stereocenters. The van der Waals surface area contributed by atoms with Gasteiger partial charge in [0.15, 0.2) is 5.78 Å². The maximum Gasteiger partial charge on any atom is 0.259 e. The van der Waals surface area contributed by atoms with Gasteiger partial charge in [-0.2, -0.15) is 0 Å². The number of ether oxygens (including phenoxy) is 2. The topological polar surface area (TPSA) is 166 Å². The first-order valence-corrected chi connectivity index (χ1v) is 17.3. The molecule has 6 rings (SSSR count). The van der Waals surface area contributed by atoms with Crippen molar-refractivity contribution in [1.29, 1.82) is 0 Å². The van der Waals surface area contributed by atoms with Gasteiger partial charge >= 0.3 is 0 Å². The molecule has 58 heavy (non-hydrogen) atoms. The van der Waals surface area contributed by atoms with Crippen molar-refractivity contribution in [3.05, 3.63) is 165 Å². The fourth-order valence-corrected chi connectivity index (χ4v) is 5.40. The van der Waals surface area contributed by atoms with Crippen molar-refractivity contribution in [3.63, 3.8) is 0 Å². The molecule has 296 valence electrons. The molecule has 0 atom stereocenters. The van der Waals surface area contributed by atoms with E-state index in [9.17, 15) is 37.1 Å². The highest BCUT2D eigenvalue weighted by Crippen LogP contribution is 2.28. The molecule has 0 fully saturated rings. The molecule has 3 N–H and O–H groups in total. The maximum absolute atomic E-state index is 13.8. The minimum atomic E-state index is -0.926. The number of hydrogen-bond donors (Lipinski definition) is 3. The van der Waals surface area contributed by atoms with Gasteiger partial charge in [0.2, 0.25) is 10.6 Å². The molecule has 0 bridgehead atoms. The molecule has 2 heterocycles. The lowest BCUT2D eigenvalue weighted by Crippen LogP contribution is -2.16. The van der Waals surface area contributed by atoms with Gasteiger partial charge < -0.3 is 25.2 Å². The molecule has 12 nitrogen and oxygen atoms in total. The Balaban J connectivity index is 0.000000221. The Bertz CT molecular complexity index is 2500. The van der Waals surface area contributed by atoms with E-state index in [1.54, 1.807) is 6.07 Å². The number of carbonyl (C=O) groups is 3. The van der Waals surface area contributed by atoms with Crippen molar-refractivity contribution in [1.82, 2.24) is 19.9 Å². The normalized spacial score (nSPS) is 10.9. The van der Waals surface area contributed by atoms with Gasteiger partial charge in [-0.05, 0) is 96.0 Å². The molecular weight excluding hydrogens is 807 g/mol. The number of nitrogens with zero attached hydrogens (tertiary/aromatic N) is 4. The molecule has 0 radical (unpaired) electrons. The molecule has 18 heteroatoms. The van der Waals surface area contributed by atoms with Gasteiger partial charge in [-0.25, -0.2) is 37.5 Å². The van der Waals surface area contributed by atoms with Crippen LogP contribution in [0.15, 0.2) is 97.3 Å². The van der Waals surface area contributed by atoms with Crippen LogP contribution in [0.2, 0.25) is 10.6 Å². The Morgan fingerprint density at radius 2 is 1.14 bits per heavy atom. The molecule has 6 aromatic rings. The van der Waals surface area contributed by atoms with Crippen molar-refractivity contribution in [2.45, 2.75) is 6.42 Å². The predicted octanol–water partition coefficient (Wildman–Crippen LogP) is 8.82. The van der Waals surface area contributed by atoms with Crippen LogP contribution in [-0.2, 0) is 6.42 Å². The second-order valence-electron chi connectivity index (χ2n) is 11.6. The molecule has 2 amide bonds. The Kier molecular flexibility index (Phi) is 14.1. The van der Waals surface area contributed by atoms with Crippen LogP contribution < -0.4 is 20.1 Å². The summed E-state index contributed by atoms with van der Waals surface area (Å²) in [7, 11) is 2.67. The quantitative estimate of drug-likeness (QED) is 0.0497. The van der Waals surface area contributed by atoms with Crippen LogP contribution in [0.4, 0.5) is 28.9 Å². The van der Waals surface area contributed by atoms with Crippen LogP contribution in [-0.4, -0.2) is 56.9 Å². The molecular formula is C40H28Cl2F4N6O6.